The lowest BCUT2D eigenvalue weighted by Crippen LogP contribution is -2.34. The molecule has 1 aliphatic rings. The minimum Gasteiger partial charge on any atom is -0.481 e. The molecular formula is C26H27N3O4. The number of benzene rings is 2. The molecular weight excluding hydrogens is 418 g/mol. The second-order valence-corrected chi connectivity index (χ2v) is 8.21. The Kier molecular flexibility index (Phi) is 6.31. The number of hydrogen-bond acceptors (Lipinski definition) is 5. The smallest absolute Gasteiger partial charge is 0.411 e. The number of ether oxygens (including phenoxy) is 2. The first-order valence-corrected chi connectivity index (χ1v) is 10.9. The van der Waals surface area contributed by atoms with Crippen molar-refractivity contribution in [2.45, 2.75) is 31.4 Å². The lowest BCUT2D eigenvalue weighted by Gasteiger charge is -2.28. The summed E-state index contributed by atoms with van der Waals surface area (Å²) < 4.78 is 11.0. The molecule has 2 amide bonds. The van der Waals surface area contributed by atoms with Gasteiger partial charge in [-0.05, 0) is 29.7 Å². The standard InChI is InChI=1S/C26H27N3O4/c1-18(19-8-10-20(11-9-19)21-12-13-24(32-2)28-16-21)29-17-26(33-25(29)31,15-14-23(27)30)22-6-4-3-5-7-22/h3-13,16,18H,14-15,17H2,1-2H3,(H2,27,30). The zero-order valence-corrected chi connectivity index (χ0v) is 18.7. The predicted molar refractivity (Wildman–Crippen MR) is 124 cm³/mol. The second-order valence-electron chi connectivity index (χ2n) is 8.21. The van der Waals surface area contributed by atoms with Crippen molar-refractivity contribution in [3.8, 4) is 17.0 Å². The van der Waals surface area contributed by atoms with E-state index in [1.165, 1.54) is 0 Å². The van der Waals surface area contributed by atoms with Crippen LogP contribution in [0.2, 0.25) is 0 Å². The number of methoxy groups -OCH3 is 1. The zero-order chi connectivity index (χ0) is 23.4. The van der Waals surface area contributed by atoms with Gasteiger partial charge in [0.2, 0.25) is 11.8 Å². The Hall–Kier alpha value is -3.87. The van der Waals surface area contributed by atoms with Crippen molar-refractivity contribution in [1.82, 2.24) is 9.88 Å². The summed E-state index contributed by atoms with van der Waals surface area (Å²) >= 11 is 0. The molecule has 0 spiro atoms. The molecule has 0 radical (unpaired) electrons. The van der Waals surface area contributed by atoms with Gasteiger partial charge in [0, 0.05) is 30.7 Å². The quantitative estimate of drug-likeness (QED) is 0.553. The van der Waals surface area contributed by atoms with E-state index in [-0.39, 0.29) is 12.5 Å². The first kappa shape index (κ1) is 22.3. The monoisotopic (exact) mass is 445 g/mol. The molecule has 170 valence electrons. The molecule has 2 N–H and O–H groups in total. The Morgan fingerprint density at radius 3 is 2.42 bits per heavy atom. The van der Waals surface area contributed by atoms with Gasteiger partial charge in [-0.25, -0.2) is 9.78 Å². The van der Waals surface area contributed by atoms with Crippen LogP contribution in [0.25, 0.3) is 11.1 Å². The fourth-order valence-electron chi connectivity index (χ4n) is 4.19. The molecule has 7 heteroatoms. The zero-order valence-electron chi connectivity index (χ0n) is 18.7. The molecule has 2 atom stereocenters. The van der Waals surface area contributed by atoms with E-state index in [9.17, 15) is 9.59 Å². The van der Waals surface area contributed by atoms with Gasteiger partial charge < -0.3 is 15.2 Å². The van der Waals surface area contributed by atoms with E-state index in [1.807, 2.05) is 73.7 Å². The van der Waals surface area contributed by atoms with Crippen LogP contribution in [0.15, 0.2) is 72.9 Å². The first-order valence-electron chi connectivity index (χ1n) is 10.9. The van der Waals surface area contributed by atoms with Gasteiger partial charge in [0.25, 0.3) is 0 Å². The van der Waals surface area contributed by atoms with Gasteiger partial charge in [0.15, 0.2) is 5.60 Å². The number of carbonyl (C=O) groups excluding carboxylic acids is 2. The van der Waals surface area contributed by atoms with Crippen LogP contribution in [-0.2, 0) is 15.1 Å². The van der Waals surface area contributed by atoms with E-state index in [1.54, 1.807) is 18.2 Å². The predicted octanol–water partition coefficient (Wildman–Crippen LogP) is 4.43. The number of nitrogens with two attached hydrogens (primary N) is 1. The number of cyclic esters (lactones) is 1. The third-order valence-electron chi connectivity index (χ3n) is 6.16. The first-order chi connectivity index (χ1) is 15.9. The van der Waals surface area contributed by atoms with Crippen LogP contribution in [0, 0.1) is 0 Å². The Morgan fingerprint density at radius 2 is 1.82 bits per heavy atom. The van der Waals surface area contributed by atoms with Crippen molar-refractivity contribution in [3.05, 3.63) is 84.1 Å². The average Bonchev–Trinajstić information content (AvgIpc) is 3.20. The number of primary amides is 1. The topological polar surface area (TPSA) is 94.8 Å². The minimum absolute atomic E-state index is 0.134. The number of nitrogens with zero attached hydrogens (tertiary/aromatic N) is 2. The lowest BCUT2D eigenvalue weighted by atomic mass is 9.88. The molecule has 2 aromatic carbocycles. The third kappa shape index (κ3) is 4.67. The van der Waals surface area contributed by atoms with Crippen molar-refractivity contribution in [1.29, 1.82) is 0 Å². The van der Waals surface area contributed by atoms with Gasteiger partial charge in [-0.2, -0.15) is 0 Å². The highest BCUT2D eigenvalue weighted by atomic mass is 16.6. The maximum absolute atomic E-state index is 12.9. The molecule has 2 unspecified atom stereocenters. The van der Waals surface area contributed by atoms with Crippen molar-refractivity contribution in [2.24, 2.45) is 5.73 Å². The maximum atomic E-state index is 12.9. The van der Waals surface area contributed by atoms with Crippen LogP contribution >= 0.6 is 0 Å². The van der Waals surface area contributed by atoms with E-state index < -0.39 is 17.6 Å². The van der Waals surface area contributed by atoms with Crippen LogP contribution < -0.4 is 10.5 Å². The van der Waals surface area contributed by atoms with E-state index >= 15 is 0 Å². The van der Waals surface area contributed by atoms with Gasteiger partial charge >= 0.3 is 6.09 Å². The Bertz CT molecular complexity index is 1120. The molecule has 1 aliphatic heterocycles. The molecule has 0 aliphatic carbocycles. The number of amides is 2. The molecule has 1 saturated heterocycles. The van der Waals surface area contributed by atoms with Crippen molar-refractivity contribution in [2.75, 3.05) is 13.7 Å². The van der Waals surface area contributed by atoms with Crippen molar-refractivity contribution >= 4 is 12.0 Å². The molecule has 1 aromatic heterocycles. The van der Waals surface area contributed by atoms with Crippen LogP contribution in [0.5, 0.6) is 5.88 Å². The van der Waals surface area contributed by atoms with Gasteiger partial charge in [-0.3, -0.25) is 9.69 Å². The number of hydrogen-bond donors (Lipinski definition) is 1. The van der Waals surface area contributed by atoms with Crippen molar-refractivity contribution < 1.29 is 19.1 Å². The largest absolute Gasteiger partial charge is 0.481 e. The summed E-state index contributed by atoms with van der Waals surface area (Å²) in [5.74, 6) is 0.145. The molecule has 0 saturated carbocycles. The number of carbonyl (C=O) groups is 2. The highest BCUT2D eigenvalue weighted by molar-refractivity contribution is 5.75. The molecule has 2 heterocycles. The molecule has 1 fully saturated rings. The van der Waals surface area contributed by atoms with Crippen LogP contribution in [0.1, 0.15) is 36.9 Å². The van der Waals surface area contributed by atoms with Gasteiger partial charge in [0.1, 0.15) is 0 Å². The van der Waals surface area contributed by atoms with Gasteiger partial charge in [-0.1, -0.05) is 54.6 Å². The lowest BCUT2D eigenvalue weighted by molar-refractivity contribution is -0.119. The van der Waals surface area contributed by atoms with E-state index in [4.69, 9.17) is 15.2 Å². The molecule has 33 heavy (non-hydrogen) atoms. The van der Waals surface area contributed by atoms with E-state index in [0.717, 1.165) is 22.3 Å². The van der Waals surface area contributed by atoms with E-state index in [2.05, 4.69) is 4.98 Å². The number of rotatable bonds is 8. The van der Waals surface area contributed by atoms with Crippen LogP contribution in [0.4, 0.5) is 4.79 Å². The summed E-state index contributed by atoms with van der Waals surface area (Å²) in [6.45, 7) is 2.31. The Labute approximate surface area is 193 Å². The summed E-state index contributed by atoms with van der Waals surface area (Å²) in [5, 5.41) is 0. The fraction of sp³-hybridized carbons (Fsp3) is 0.269. The summed E-state index contributed by atoms with van der Waals surface area (Å²) in [7, 11) is 1.59. The minimum atomic E-state index is -0.906. The highest BCUT2D eigenvalue weighted by Gasteiger charge is 2.48. The van der Waals surface area contributed by atoms with E-state index in [0.29, 0.717) is 18.8 Å². The van der Waals surface area contributed by atoms with Gasteiger partial charge in [0.05, 0.1) is 19.7 Å². The summed E-state index contributed by atoms with van der Waals surface area (Å²) in [6, 6.07) is 21.1. The molecule has 7 nitrogen and oxygen atoms in total. The SMILES string of the molecule is COc1ccc(-c2ccc(C(C)N3CC(CCC(N)=O)(c4ccccc4)OC3=O)cc2)cn1. The Morgan fingerprint density at radius 1 is 1.12 bits per heavy atom. The Balaban J connectivity index is 1.55. The number of aromatic nitrogens is 1. The highest BCUT2D eigenvalue weighted by Crippen LogP contribution is 2.41. The maximum Gasteiger partial charge on any atom is 0.411 e. The molecule has 4 rings (SSSR count). The molecule has 3 aromatic rings. The third-order valence-corrected chi connectivity index (χ3v) is 6.16. The van der Waals surface area contributed by atoms with Gasteiger partial charge in [-0.15, -0.1) is 0 Å². The summed E-state index contributed by atoms with van der Waals surface area (Å²) in [6.07, 6.45) is 1.83. The number of pyridine rings is 1. The second kappa shape index (κ2) is 9.32. The normalized spacial score (nSPS) is 18.6. The van der Waals surface area contributed by atoms with Crippen LogP contribution in [0.3, 0.4) is 0 Å². The average molecular weight is 446 g/mol. The van der Waals surface area contributed by atoms with Crippen LogP contribution in [-0.4, -0.2) is 35.5 Å². The summed E-state index contributed by atoms with van der Waals surface area (Å²) in [4.78, 5) is 30.4. The summed E-state index contributed by atoms with van der Waals surface area (Å²) in [5.41, 5.74) is 8.33. The fourth-order valence-corrected chi connectivity index (χ4v) is 4.19. The van der Waals surface area contributed by atoms with Crippen molar-refractivity contribution in [3.63, 3.8) is 0 Å². The molecule has 0 bridgehead atoms.